The molecular formula is C17H17NaO3S. The normalized spacial score (nSPS) is 12.0. The molecule has 0 N–H and O–H groups in total. The fraction of sp³-hybridized carbons (Fsp3) is 0.0588. The van der Waals surface area contributed by atoms with Crippen LogP contribution in [0.15, 0.2) is 72.3 Å². The van der Waals surface area contributed by atoms with Gasteiger partial charge in [0.2, 0.25) is 0 Å². The molecule has 0 amide bonds. The molecule has 3 nitrogen and oxygen atoms in total. The molecule has 0 spiro atoms. The number of hydrogen-bond donors (Lipinski definition) is 0. The maximum atomic E-state index is 11.8. The number of rotatable bonds is 5. The van der Waals surface area contributed by atoms with Crippen molar-refractivity contribution in [1.82, 2.24) is 0 Å². The zero-order chi connectivity index (χ0) is 15.1. The van der Waals surface area contributed by atoms with Crippen LogP contribution in [-0.2, 0) is 14.3 Å². The molecule has 110 valence electrons. The van der Waals surface area contributed by atoms with Crippen molar-refractivity contribution in [2.75, 3.05) is 0 Å². The van der Waals surface area contributed by atoms with Gasteiger partial charge in [0, 0.05) is 0 Å². The molecule has 0 aliphatic carbocycles. The predicted octanol–water partition coefficient (Wildman–Crippen LogP) is 1.18. The van der Waals surface area contributed by atoms with Gasteiger partial charge in [0.25, 0.3) is 0 Å². The number of allylic oxidation sites excluding steroid dienone is 1. The molecule has 2 rings (SSSR count). The summed E-state index contributed by atoms with van der Waals surface area (Å²) < 4.78 is 28.5. The van der Waals surface area contributed by atoms with E-state index in [9.17, 15) is 8.42 Å². The fourth-order valence-electron chi connectivity index (χ4n) is 1.67. The predicted molar refractivity (Wildman–Crippen MR) is 86.7 cm³/mol. The van der Waals surface area contributed by atoms with Gasteiger partial charge in [0.05, 0.1) is 5.41 Å². The molecular weight excluding hydrogens is 307 g/mol. The number of hydrogen-bond acceptors (Lipinski definition) is 3. The molecule has 0 bridgehead atoms. The van der Waals surface area contributed by atoms with Gasteiger partial charge in [-0.2, -0.15) is 8.42 Å². The summed E-state index contributed by atoms with van der Waals surface area (Å²) in [7, 11) is -3.74. The van der Waals surface area contributed by atoms with Crippen molar-refractivity contribution >= 4 is 21.8 Å². The molecule has 0 radical (unpaired) electrons. The molecule has 5 heteroatoms. The van der Waals surface area contributed by atoms with E-state index >= 15 is 0 Å². The van der Waals surface area contributed by atoms with E-state index in [1.54, 1.807) is 6.92 Å². The topological polar surface area (TPSA) is 43.4 Å². The van der Waals surface area contributed by atoms with Gasteiger partial charge < -0.3 is 5.61 Å². The minimum Gasteiger partial charge on any atom is -1.00 e. The summed E-state index contributed by atoms with van der Waals surface area (Å²) in [6.07, 6.45) is 2.75. The zero-order valence-electron chi connectivity index (χ0n) is 13.6. The largest absolute Gasteiger partial charge is 1.00 e. The summed E-state index contributed by atoms with van der Waals surface area (Å²) in [6, 6.07) is 18.6. The Morgan fingerprint density at radius 2 is 1.55 bits per heavy atom. The van der Waals surface area contributed by atoms with Crippen molar-refractivity contribution in [2.24, 2.45) is 0 Å². The molecule has 0 heterocycles. The second-order valence-corrected chi connectivity index (χ2v) is 5.92. The van der Waals surface area contributed by atoms with Crippen LogP contribution in [0.3, 0.4) is 0 Å². The SMILES string of the molecule is CC(=COS(=O)(=O)C=Cc1ccccc1)c1ccccc1.[H-].[Na+]. The van der Waals surface area contributed by atoms with E-state index in [-0.39, 0.29) is 31.0 Å². The van der Waals surface area contributed by atoms with Crippen molar-refractivity contribution in [2.45, 2.75) is 6.92 Å². The van der Waals surface area contributed by atoms with Crippen molar-refractivity contribution in [3.63, 3.8) is 0 Å². The zero-order valence-corrected chi connectivity index (χ0v) is 15.5. The van der Waals surface area contributed by atoms with E-state index in [4.69, 9.17) is 4.18 Å². The first-order valence-electron chi connectivity index (χ1n) is 6.45. The van der Waals surface area contributed by atoms with Crippen LogP contribution in [0.5, 0.6) is 0 Å². The van der Waals surface area contributed by atoms with Gasteiger partial charge in [0.15, 0.2) is 0 Å². The number of benzene rings is 2. The Hall–Kier alpha value is -1.33. The summed E-state index contributed by atoms with van der Waals surface area (Å²) in [5.41, 5.74) is 2.46. The summed E-state index contributed by atoms with van der Waals surface area (Å²) in [5.74, 6) is 0. The summed E-state index contributed by atoms with van der Waals surface area (Å²) in [6.45, 7) is 1.80. The third-order valence-corrected chi connectivity index (χ3v) is 3.65. The summed E-state index contributed by atoms with van der Waals surface area (Å²) in [4.78, 5) is 0. The Balaban J connectivity index is 0.00000242. The average molecular weight is 324 g/mol. The van der Waals surface area contributed by atoms with Gasteiger partial charge in [-0.1, -0.05) is 60.7 Å². The molecule has 2 aromatic rings. The van der Waals surface area contributed by atoms with Crippen molar-refractivity contribution < 1.29 is 43.6 Å². The second kappa shape index (κ2) is 8.96. The minimum atomic E-state index is -3.74. The Bertz CT molecular complexity index is 742. The standard InChI is InChI=1S/C17H16O3S.Na.H/c1-15(17-10-6-3-7-11-17)14-20-21(18,19)13-12-16-8-4-2-5-9-16;;/h2-14H,1H3;;/q;+1;-1. The molecule has 0 fully saturated rings. The van der Waals surface area contributed by atoms with Crippen LogP contribution in [-0.4, -0.2) is 8.42 Å². The van der Waals surface area contributed by atoms with Crippen LogP contribution in [0.2, 0.25) is 0 Å². The van der Waals surface area contributed by atoms with Crippen molar-refractivity contribution in [3.05, 3.63) is 83.5 Å². The Morgan fingerprint density at radius 1 is 1.00 bits per heavy atom. The second-order valence-electron chi connectivity index (χ2n) is 4.47. The van der Waals surface area contributed by atoms with Gasteiger partial charge in [-0.05, 0) is 29.7 Å². The fourth-order valence-corrected chi connectivity index (χ4v) is 2.33. The first-order chi connectivity index (χ1) is 10.1. The average Bonchev–Trinajstić information content (AvgIpc) is 2.53. The first kappa shape index (κ1) is 18.7. The summed E-state index contributed by atoms with van der Waals surface area (Å²) in [5, 5.41) is 1.05. The van der Waals surface area contributed by atoms with Crippen LogP contribution in [0.4, 0.5) is 0 Å². The maximum Gasteiger partial charge on any atom is 1.00 e. The maximum absolute atomic E-state index is 11.8. The smallest absolute Gasteiger partial charge is 1.00 e. The van der Waals surface area contributed by atoms with Gasteiger partial charge >= 0.3 is 39.7 Å². The van der Waals surface area contributed by atoms with Crippen molar-refractivity contribution in [1.29, 1.82) is 0 Å². The first-order valence-corrected chi connectivity index (χ1v) is 7.92. The van der Waals surface area contributed by atoms with E-state index in [1.165, 1.54) is 12.3 Å². The minimum absolute atomic E-state index is 0. The van der Waals surface area contributed by atoms with Gasteiger partial charge in [-0.3, -0.25) is 0 Å². The molecule has 2 aromatic carbocycles. The molecule has 0 saturated heterocycles. The van der Waals surface area contributed by atoms with E-state index < -0.39 is 10.1 Å². The van der Waals surface area contributed by atoms with Crippen LogP contribution < -0.4 is 29.6 Å². The van der Waals surface area contributed by atoms with E-state index in [0.29, 0.717) is 0 Å². The van der Waals surface area contributed by atoms with Crippen LogP contribution in [0.25, 0.3) is 11.6 Å². The van der Waals surface area contributed by atoms with Gasteiger partial charge in [-0.15, -0.1) is 0 Å². The van der Waals surface area contributed by atoms with Crippen molar-refractivity contribution in [3.8, 4) is 0 Å². The third-order valence-electron chi connectivity index (χ3n) is 2.81. The van der Waals surface area contributed by atoms with E-state index in [0.717, 1.165) is 22.1 Å². The molecule has 22 heavy (non-hydrogen) atoms. The molecule has 0 aromatic heterocycles. The molecule has 0 unspecified atom stereocenters. The van der Waals surface area contributed by atoms with E-state index in [1.807, 2.05) is 60.7 Å². The quantitative estimate of drug-likeness (QED) is 0.471. The van der Waals surface area contributed by atoms with Gasteiger partial charge in [-0.25, -0.2) is 0 Å². The molecule has 0 aliphatic rings. The molecule has 0 aliphatic heterocycles. The Kier molecular flexibility index (Phi) is 7.62. The third kappa shape index (κ3) is 6.20. The van der Waals surface area contributed by atoms with E-state index in [2.05, 4.69) is 0 Å². The Morgan fingerprint density at radius 3 is 2.14 bits per heavy atom. The van der Waals surface area contributed by atoms with Crippen LogP contribution in [0, 0.1) is 0 Å². The van der Waals surface area contributed by atoms with Crippen LogP contribution in [0.1, 0.15) is 19.5 Å². The monoisotopic (exact) mass is 324 g/mol. The van der Waals surface area contributed by atoms with Gasteiger partial charge in [0.1, 0.15) is 6.26 Å². The van der Waals surface area contributed by atoms with Crippen LogP contribution >= 0.6 is 0 Å². The molecule has 0 atom stereocenters. The summed E-state index contributed by atoms with van der Waals surface area (Å²) >= 11 is 0. The Labute approximate surface area is 155 Å². The molecule has 0 saturated carbocycles.